The molecule has 0 nitrogen and oxygen atoms in total. The van der Waals surface area contributed by atoms with Gasteiger partial charge in [0.05, 0.1) is 4.87 Å². The van der Waals surface area contributed by atoms with Crippen molar-refractivity contribution >= 4 is 11.6 Å². The Morgan fingerprint density at radius 3 is 2.27 bits per heavy atom. The molecular formula is C10H17Cl. The molecule has 3 rings (SSSR count). The number of halogens is 1. The molecule has 0 amide bonds. The zero-order valence-corrected chi connectivity index (χ0v) is 8.41. The molecule has 3 unspecified atom stereocenters. The van der Waals surface area contributed by atoms with Crippen LogP contribution < -0.4 is 0 Å². The van der Waals surface area contributed by atoms with Gasteiger partial charge in [-0.1, -0.05) is 20.8 Å². The first-order valence-corrected chi connectivity index (χ1v) is 5.05. The van der Waals surface area contributed by atoms with Crippen LogP contribution in [0.5, 0.6) is 0 Å². The topological polar surface area (TPSA) is 0 Å². The van der Waals surface area contributed by atoms with Crippen LogP contribution in [0.25, 0.3) is 0 Å². The molecule has 3 atom stereocenters. The number of hydrogen-bond donors (Lipinski definition) is 0. The first kappa shape index (κ1) is 7.91. The molecule has 0 aliphatic heterocycles. The Morgan fingerprint density at radius 2 is 1.91 bits per heavy atom. The molecule has 64 valence electrons. The predicted molar refractivity (Wildman–Crippen MR) is 48.9 cm³/mol. The van der Waals surface area contributed by atoms with Crippen molar-refractivity contribution in [2.75, 3.05) is 0 Å². The maximum absolute atomic E-state index is 6.58. The van der Waals surface area contributed by atoms with Crippen molar-refractivity contribution in [2.45, 2.75) is 44.9 Å². The molecule has 0 aromatic heterocycles. The highest BCUT2D eigenvalue weighted by Gasteiger charge is 2.63. The third-order valence-electron chi connectivity index (χ3n) is 4.36. The van der Waals surface area contributed by atoms with Crippen LogP contribution >= 0.6 is 11.6 Å². The monoisotopic (exact) mass is 172 g/mol. The van der Waals surface area contributed by atoms with Crippen molar-refractivity contribution in [1.29, 1.82) is 0 Å². The van der Waals surface area contributed by atoms with Crippen LogP contribution in [-0.2, 0) is 0 Å². The van der Waals surface area contributed by atoms with Gasteiger partial charge in [-0.05, 0) is 36.5 Å². The van der Waals surface area contributed by atoms with Crippen LogP contribution in [0.15, 0.2) is 0 Å². The summed E-state index contributed by atoms with van der Waals surface area (Å²) in [5.41, 5.74) is 0.409. The van der Waals surface area contributed by atoms with Crippen LogP contribution in [0.3, 0.4) is 0 Å². The summed E-state index contributed by atoms with van der Waals surface area (Å²) in [4.78, 5) is 0.149. The molecule has 0 spiro atoms. The average Bonchev–Trinajstić information content (AvgIpc) is 1.94. The van der Waals surface area contributed by atoms with Gasteiger partial charge in [-0.15, -0.1) is 11.6 Å². The summed E-state index contributed by atoms with van der Waals surface area (Å²) in [5.74, 6) is 1.64. The van der Waals surface area contributed by atoms with Crippen LogP contribution in [0, 0.1) is 17.3 Å². The number of fused-ring (bicyclic) bond motifs is 2. The highest BCUT2D eigenvalue weighted by molar-refractivity contribution is 6.25. The summed E-state index contributed by atoms with van der Waals surface area (Å²) in [6, 6.07) is 0. The van der Waals surface area contributed by atoms with Crippen molar-refractivity contribution in [3.05, 3.63) is 0 Å². The lowest BCUT2D eigenvalue weighted by molar-refractivity contribution is -0.0743. The van der Waals surface area contributed by atoms with Crippen LogP contribution in [0.4, 0.5) is 0 Å². The fraction of sp³-hybridized carbons (Fsp3) is 1.00. The zero-order chi connectivity index (χ0) is 8.28. The van der Waals surface area contributed by atoms with Crippen molar-refractivity contribution in [2.24, 2.45) is 17.3 Å². The molecule has 0 aromatic rings. The molecule has 3 aliphatic carbocycles. The highest BCUT2D eigenvalue weighted by Crippen LogP contribution is 2.67. The van der Waals surface area contributed by atoms with Crippen LogP contribution in [-0.4, -0.2) is 4.87 Å². The molecule has 3 fully saturated rings. The Hall–Kier alpha value is 0.290. The summed E-state index contributed by atoms with van der Waals surface area (Å²) in [6.07, 6.45) is 4.02. The van der Waals surface area contributed by atoms with Gasteiger partial charge >= 0.3 is 0 Å². The number of hydrogen-bond acceptors (Lipinski definition) is 0. The first-order chi connectivity index (χ1) is 4.98. The Morgan fingerprint density at radius 1 is 1.27 bits per heavy atom. The van der Waals surface area contributed by atoms with E-state index in [9.17, 15) is 0 Å². The van der Waals surface area contributed by atoms with Gasteiger partial charge in [0.25, 0.3) is 0 Å². The molecule has 11 heavy (non-hydrogen) atoms. The fourth-order valence-electron chi connectivity index (χ4n) is 3.06. The predicted octanol–water partition coefficient (Wildman–Crippen LogP) is 3.44. The minimum absolute atomic E-state index is 0.149. The molecule has 0 aromatic carbocycles. The van der Waals surface area contributed by atoms with Gasteiger partial charge in [-0.2, -0.15) is 0 Å². The largest absolute Gasteiger partial charge is 0.118 e. The van der Waals surface area contributed by atoms with E-state index in [2.05, 4.69) is 20.8 Å². The maximum Gasteiger partial charge on any atom is 0.0528 e. The van der Waals surface area contributed by atoms with Gasteiger partial charge in [-0.25, -0.2) is 0 Å². The second kappa shape index (κ2) is 1.96. The van der Waals surface area contributed by atoms with E-state index < -0.39 is 0 Å². The summed E-state index contributed by atoms with van der Waals surface area (Å²) in [6.45, 7) is 6.98. The molecular weight excluding hydrogens is 156 g/mol. The molecule has 1 heteroatoms. The molecule has 0 N–H and O–H groups in total. The smallest absolute Gasteiger partial charge is 0.0528 e. The highest BCUT2D eigenvalue weighted by atomic mass is 35.5. The van der Waals surface area contributed by atoms with E-state index in [1.165, 1.54) is 19.3 Å². The second-order valence-corrected chi connectivity index (χ2v) is 5.64. The zero-order valence-electron chi connectivity index (χ0n) is 7.65. The van der Waals surface area contributed by atoms with Crippen molar-refractivity contribution in [3.63, 3.8) is 0 Å². The van der Waals surface area contributed by atoms with Crippen molar-refractivity contribution < 1.29 is 0 Å². The lowest BCUT2D eigenvalue weighted by atomic mass is 9.45. The fourth-order valence-corrected chi connectivity index (χ4v) is 3.51. The third-order valence-corrected chi connectivity index (χ3v) is 5.38. The number of rotatable bonds is 0. The Labute approximate surface area is 74.3 Å². The van der Waals surface area contributed by atoms with Gasteiger partial charge in [0.1, 0.15) is 0 Å². The minimum atomic E-state index is 0.149. The van der Waals surface area contributed by atoms with Gasteiger partial charge in [0.15, 0.2) is 0 Å². The van der Waals surface area contributed by atoms with E-state index in [0.717, 1.165) is 11.8 Å². The maximum atomic E-state index is 6.58. The summed E-state index contributed by atoms with van der Waals surface area (Å²) in [7, 11) is 0. The lowest BCUT2D eigenvalue weighted by Crippen LogP contribution is -2.63. The Balaban J connectivity index is 2.28. The third kappa shape index (κ3) is 0.722. The molecule has 0 saturated heterocycles. The molecule has 0 radical (unpaired) electrons. The summed E-state index contributed by atoms with van der Waals surface area (Å²) in [5, 5.41) is 0. The lowest BCUT2D eigenvalue weighted by Gasteiger charge is -2.65. The SMILES string of the molecule is CC1CCC2CC1(Cl)C2(C)C. The van der Waals surface area contributed by atoms with Gasteiger partial charge in [0, 0.05) is 0 Å². The molecule has 3 aliphatic rings. The van der Waals surface area contributed by atoms with E-state index >= 15 is 0 Å². The standard InChI is InChI=1S/C10H17Cl/c1-7-4-5-8-6-10(7,11)9(8,2)3/h7-8H,4-6H2,1-3H3. The molecule has 3 saturated carbocycles. The van der Waals surface area contributed by atoms with E-state index in [1.54, 1.807) is 0 Å². The van der Waals surface area contributed by atoms with E-state index in [1.807, 2.05) is 0 Å². The molecule has 0 heterocycles. The van der Waals surface area contributed by atoms with Gasteiger partial charge in [-0.3, -0.25) is 0 Å². The quantitative estimate of drug-likeness (QED) is 0.491. The second-order valence-electron chi connectivity index (χ2n) is 4.96. The van der Waals surface area contributed by atoms with Crippen LogP contribution in [0.1, 0.15) is 40.0 Å². The molecule has 2 bridgehead atoms. The van der Waals surface area contributed by atoms with Gasteiger partial charge in [0.2, 0.25) is 0 Å². The average molecular weight is 173 g/mol. The van der Waals surface area contributed by atoms with Crippen LogP contribution in [0.2, 0.25) is 0 Å². The normalized spacial score (nSPS) is 53.5. The van der Waals surface area contributed by atoms with E-state index in [-0.39, 0.29) is 4.87 Å². The Bertz CT molecular complexity index is 185. The van der Waals surface area contributed by atoms with E-state index in [4.69, 9.17) is 11.6 Å². The van der Waals surface area contributed by atoms with Gasteiger partial charge < -0.3 is 0 Å². The minimum Gasteiger partial charge on any atom is -0.118 e. The summed E-state index contributed by atoms with van der Waals surface area (Å²) < 4.78 is 0. The van der Waals surface area contributed by atoms with Crippen molar-refractivity contribution in [3.8, 4) is 0 Å². The summed E-state index contributed by atoms with van der Waals surface area (Å²) >= 11 is 6.58. The Kier molecular flexibility index (Phi) is 1.41. The van der Waals surface area contributed by atoms with E-state index in [0.29, 0.717) is 5.41 Å². The number of alkyl halides is 1. The van der Waals surface area contributed by atoms with Crippen molar-refractivity contribution in [1.82, 2.24) is 0 Å². The first-order valence-electron chi connectivity index (χ1n) is 4.67.